The Morgan fingerprint density at radius 1 is 1.18 bits per heavy atom. The van der Waals surface area contributed by atoms with Crippen LogP contribution in [-0.4, -0.2) is 29.0 Å². The van der Waals surface area contributed by atoms with Gasteiger partial charge >= 0.3 is 5.97 Å². The average molecular weight is 436 g/mol. The molecule has 0 N–H and O–H groups in total. The minimum Gasteiger partial charge on any atom is -0.426 e. The van der Waals surface area contributed by atoms with E-state index >= 15 is 0 Å². The zero-order chi connectivity index (χ0) is 19.8. The lowest BCUT2D eigenvalue weighted by Crippen LogP contribution is -2.38. The lowest BCUT2D eigenvalue weighted by atomic mass is 9.96. The standard InChI is InChI=1S/C20H19Cl2N3O2S/c1-11-12(2)28-19-17(11)18(23-10-24-19)25-7-5-13(6-8-25)20(26)27-14-3-4-15(21)16(22)9-14/h3-4,9-10,13H,5-8H2,1-2H3. The lowest BCUT2D eigenvalue weighted by Gasteiger charge is -2.32. The van der Waals surface area contributed by atoms with Gasteiger partial charge in [-0.1, -0.05) is 23.2 Å². The van der Waals surface area contributed by atoms with Crippen LogP contribution in [0.5, 0.6) is 5.75 Å². The van der Waals surface area contributed by atoms with Crippen LogP contribution in [0.4, 0.5) is 5.82 Å². The van der Waals surface area contributed by atoms with Crippen molar-refractivity contribution in [2.75, 3.05) is 18.0 Å². The topological polar surface area (TPSA) is 55.3 Å². The molecule has 1 aromatic carbocycles. The fourth-order valence-electron chi connectivity index (χ4n) is 3.47. The van der Waals surface area contributed by atoms with Crippen molar-refractivity contribution in [1.29, 1.82) is 0 Å². The number of carbonyl (C=O) groups is 1. The first-order valence-electron chi connectivity index (χ1n) is 9.06. The summed E-state index contributed by atoms with van der Waals surface area (Å²) < 4.78 is 5.50. The molecule has 3 heterocycles. The van der Waals surface area contributed by atoms with Gasteiger partial charge in [-0.15, -0.1) is 11.3 Å². The normalized spacial score (nSPS) is 15.2. The lowest BCUT2D eigenvalue weighted by molar-refractivity contribution is -0.139. The maximum atomic E-state index is 12.5. The molecule has 0 unspecified atom stereocenters. The number of nitrogens with zero attached hydrogens (tertiary/aromatic N) is 3. The van der Waals surface area contributed by atoms with Crippen LogP contribution in [0.15, 0.2) is 24.5 Å². The molecule has 4 rings (SSSR count). The largest absolute Gasteiger partial charge is 0.426 e. The number of hydrogen-bond acceptors (Lipinski definition) is 6. The highest BCUT2D eigenvalue weighted by atomic mass is 35.5. The van der Waals surface area contributed by atoms with E-state index in [1.54, 1.807) is 35.9 Å². The number of hydrogen-bond donors (Lipinski definition) is 0. The Hall–Kier alpha value is -1.89. The Kier molecular flexibility index (Phi) is 5.45. The zero-order valence-electron chi connectivity index (χ0n) is 15.5. The third-order valence-corrected chi connectivity index (χ3v) is 7.04. The van der Waals surface area contributed by atoms with E-state index in [-0.39, 0.29) is 11.9 Å². The molecule has 1 saturated heterocycles. The summed E-state index contributed by atoms with van der Waals surface area (Å²) in [6, 6.07) is 4.84. The Morgan fingerprint density at radius 3 is 2.64 bits per heavy atom. The highest BCUT2D eigenvalue weighted by Crippen LogP contribution is 2.36. The van der Waals surface area contributed by atoms with Crippen LogP contribution < -0.4 is 9.64 Å². The maximum Gasteiger partial charge on any atom is 0.314 e. The predicted octanol–water partition coefficient (Wildman–Crippen LogP) is 5.44. The van der Waals surface area contributed by atoms with Crippen LogP contribution in [-0.2, 0) is 4.79 Å². The molecule has 0 aliphatic carbocycles. The van der Waals surface area contributed by atoms with Gasteiger partial charge in [-0.25, -0.2) is 9.97 Å². The fraction of sp³-hybridized carbons (Fsp3) is 0.350. The Labute approximate surface area is 177 Å². The summed E-state index contributed by atoms with van der Waals surface area (Å²) >= 11 is 13.6. The number of halogens is 2. The highest BCUT2D eigenvalue weighted by molar-refractivity contribution is 7.18. The Morgan fingerprint density at radius 2 is 1.93 bits per heavy atom. The van der Waals surface area contributed by atoms with Crippen LogP contribution >= 0.6 is 34.5 Å². The van der Waals surface area contributed by atoms with Crippen molar-refractivity contribution in [2.24, 2.45) is 5.92 Å². The second-order valence-electron chi connectivity index (χ2n) is 6.92. The van der Waals surface area contributed by atoms with Gasteiger partial charge in [0.05, 0.1) is 21.3 Å². The van der Waals surface area contributed by atoms with E-state index in [0.717, 1.165) is 29.1 Å². The van der Waals surface area contributed by atoms with E-state index in [4.69, 9.17) is 27.9 Å². The number of fused-ring (bicyclic) bond motifs is 1. The van der Waals surface area contributed by atoms with E-state index in [1.807, 2.05) is 0 Å². The van der Waals surface area contributed by atoms with Gasteiger partial charge < -0.3 is 9.64 Å². The molecule has 0 radical (unpaired) electrons. The predicted molar refractivity (Wildman–Crippen MR) is 114 cm³/mol. The van der Waals surface area contributed by atoms with Crippen molar-refractivity contribution in [3.05, 3.63) is 45.0 Å². The first-order chi connectivity index (χ1) is 13.4. The van der Waals surface area contributed by atoms with Crippen molar-refractivity contribution in [2.45, 2.75) is 26.7 Å². The number of thiophene rings is 1. The molecule has 0 atom stereocenters. The fourth-order valence-corrected chi connectivity index (χ4v) is 4.75. The molecule has 28 heavy (non-hydrogen) atoms. The van der Waals surface area contributed by atoms with Gasteiger partial charge in [0.25, 0.3) is 0 Å². The van der Waals surface area contributed by atoms with Gasteiger partial charge in [0, 0.05) is 24.0 Å². The van der Waals surface area contributed by atoms with E-state index in [2.05, 4.69) is 28.7 Å². The van der Waals surface area contributed by atoms with Crippen LogP contribution in [0.2, 0.25) is 10.0 Å². The quantitative estimate of drug-likeness (QED) is 0.405. The minimum absolute atomic E-state index is 0.145. The van der Waals surface area contributed by atoms with Gasteiger partial charge in [0.2, 0.25) is 0 Å². The molecule has 8 heteroatoms. The van der Waals surface area contributed by atoms with Crippen LogP contribution in [0.25, 0.3) is 10.2 Å². The van der Waals surface area contributed by atoms with E-state index in [1.165, 1.54) is 10.4 Å². The molecule has 0 saturated carbocycles. The monoisotopic (exact) mass is 435 g/mol. The number of piperidine rings is 1. The number of anilines is 1. The highest BCUT2D eigenvalue weighted by Gasteiger charge is 2.28. The minimum atomic E-state index is -0.228. The second-order valence-corrected chi connectivity index (χ2v) is 8.94. The van der Waals surface area contributed by atoms with Crippen LogP contribution in [0, 0.1) is 19.8 Å². The number of benzene rings is 1. The second kappa shape index (κ2) is 7.85. The smallest absolute Gasteiger partial charge is 0.314 e. The molecule has 1 aliphatic heterocycles. The number of ether oxygens (including phenoxy) is 1. The molecule has 1 fully saturated rings. The zero-order valence-corrected chi connectivity index (χ0v) is 17.9. The van der Waals surface area contributed by atoms with E-state index < -0.39 is 0 Å². The molecule has 2 aromatic heterocycles. The van der Waals surface area contributed by atoms with Crippen molar-refractivity contribution >= 4 is 56.5 Å². The molecule has 5 nitrogen and oxygen atoms in total. The van der Waals surface area contributed by atoms with Crippen molar-refractivity contribution in [1.82, 2.24) is 9.97 Å². The van der Waals surface area contributed by atoms with Gasteiger partial charge in [-0.3, -0.25) is 4.79 Å². The number of rotatable bonds is 3. The Balaban J connectivity index is 1.45. The van der Waals surface area contributed by atoms with Gasteiger partial charge in [-0.05, 0) is 44.4 Å². The average Bonchev–Trinajstić information content (AvgIpc) is 2.99. The molecule has 0 spiro atoms. The molecular weight excluding hydrogens is 417 g/mol. The maximum absolute atomic E-state index is 12.5. The molecule has 1 aliphatic rings. The van der Waals surface area contributed by atoms with Crippen LogP contribution in [0.1, 0.15) is 23.3 Å². The Bertz CT molecular complexity index is 1050. The van der Waals surface area contributed by atoms with Crippen molar-refractivity contribution in [3.63, 3.8) is 0 Å². The molecule has 146 valence electrons. The number of esters is 1. The molecule has 0 bridgehead atoms. The molecule has 3 aromatic rings. The SMILES string of the molecule is Cc1sc2ncnc(N3CCC(C(=O)Oc4ccc(Cl)c(Cl)c4)CC3)c2c1C. The molecular formula is C20H19Cl2N3O2S. The van der Waals surface area contributed by atoms with Gasteiger partial charge in [0.15, 0.2) is 0 Å². The summed E-state index contributed by atoms with van der Waals surface area (Å²) in [5, 5.41) is 1.93. The third-order valence-electron chi connectivity index (χ3n) is 5.18. The number of aryl methyl sites for hydroxylation is 2. The summed E-state index contributed by atoms with van der Waals surface area (Å²) in [6.07, 6.45) is 3.05. The summed E-state index contributed by atoms with van der Waals surface area (Å²) in [7, 11) is 0. The number of carbonyl (C=O) groups excluding carboxylic acids is 1. The first-order valence-corrected chi connectivity index (χ1v) is 10.6. The third kappa shape index (κ3) is 3.69. The number of aromatic nitrogens is 2. The van der Waals surface area contributed by atoms with Crippen molar-refractivity contribution in [3.8, 4) is 5.75 Å². The molecule has 0 amide bonds. The van der Waals surface area contributed by atoms with Gasteiger partial charge in [-0.2, -0.15) is 0 Å². The van der Waals surface area contributed by atoms with Crippen LogP contribution in [0.3, 0.4) is 0 Å². The first kappa shape index (κ1) is 19.4. The van der Waals surface area contributed by atoms with Crippen molar-refractivity contribution < 1.29 is 9.53 Å². The van der Waals surface area contributed by atoms with Gasteiger partial charge in [0.1, 0.15) is 22.7 Å². The van der Waals surface area contributed by atoms with E-state index in [0.29, 0.717) is 28.6 Å². The summed E-state index contributed by atoms with van der Waals surface area (Å²) in [6.45, 7) is 5.72. The summed E-state index contributed by atoms with van der Waals surface area (Å²) in [4.78, 5) is 26.0. The van der Waals surface area contributed by atoms with E-state index in [9.17, 15) is 4.79 Å². The summed E-state index contributed by atoms with van der Waals surface area (Å²) in [5.74, 6) is 1.01. The summed E-state index contributed by atoms with van der Waals surface area (Å²) in [5.41, 5.74) is 1.23.